The van der Waals surface area contributed by atoms with Crippen molar-refractivity contribution in [2.24, 2.45) is 0 Å². The maximum Gasteiger partial charge on any atom is 0.228 e. The largest absolute Gasteiger partial charge is 0.365 e. The average molecular weight is 432 g/mol. The van der Waals surface area contributed by atoms with Gasteiger partial charge in [-0.15, -0.1) is 0 Å². The molecule has 0 spiro atoms. The van der Waals surface area contributed by atoms with Gasteiger partial charge in [-0.25, -0.2) is 15.0 Å². The van der Waals surface area contributed by atoms with Crippen LogP contribution in [0.15, 0.2) is 67.0 Å². The number of para-hydroxylation sites is 1. The molecule has 1 N–H and O–H groups in total. The van der Waals surface area contributed by atoms with Crippen LogP contribution in [0.5, 0.6) is 0 Å². The highest BCUT2D eigenvalue weighted by atomic mass is 35.5. The first-order valence-corrected chi connectivity index (χ1v) is 10.7. The summed E-state index contributed by atoms with van der Waals surface area (Å²) in [6.07, 6.45) is 3.55. The molecule has 156 valence electrons. The fourth-order valence-corrected chi connectivity index (χ4v) is 3.92. The molecule has 31 heavy (non-hydrogen) atoms. The summed E-state index contributed by atoms with van der Waals surface area (Å²) < 4.78 is 0. The van der Waals surface area contributed by atoms with Crippen molar-refractivity contribution in [1.82, 2.24) is 19.9 Å². The molecule has 8 heteroatoms. The number of nitrogens with zero attached hydrogens (tertiary/aromatic N) is 6. The van der Waals surface area contributed by atoms with E-state index in [4.69, 9.17) is 21.6 Å². The number of nitrogens with one attached hydrogen (secondary N) is 1. The van der Waals surface area contributed by atoms with E-state index in [2.05, 4.69) is 25.1 Å². The summed E-state index contributed by atoms with van der Waals surface area (Å²) in [6, 6.07) is 17.7. The smallest absolute Gasteiger partial charge is 0.228 e. The van der Waals surface area contributed by atoms with Crippen molar-refractivity contribution >= 4 is 40.2 Å². The average Bonchev–Trinajstić information content (AvgIpc) is 2.84. The molecule has 1 aliphatic heterocycles. The second-order valence-electron chi connectivity index (χ2n) is 7.36. The van der Waals surface area contributed by atoms with Crippen molar-refractivity contribution in [1.29, 1.82) is 0 Å². The normalized spacial score (nSPS) is 14.1. The molecule has 1 fully saturated rings. The number of halogens is 1. The molecule has 1 aliphatic rings. The van der Waals surface area contributed by atoms with Gasteiger partial charge < -0.3 is 15.1 Å². The van der Waals surface area contributed by atoms with Crippen molar-refractivity contribution in [3.63, 3.8) is 0 Å². The van der Waals surface area contributed by atoms with E-state index in [-0.39, 0.29) is 0 Å². The third-order valence-corrected chi connectivity index (χ3v) is 5.76. The van der Waals surface area contributed by atoms with Crippen LogP contribution in [0.2, 0.25) is 5.02 Å². The Balaban J connectivity index is 1.38. The van der Waals surface area contributed by atoms with Crippen LogP contribution in [-0.2, 0) is 6.54 Å². The lowest BCUT2D eigenvalue weighted by Gasteiger charge is -2.34. The molecular weight excluding hydrogens is 410 g/mol. The highest BCUT2D eigenvalue weighted by molar-refractivity contribution is 6.31. The first-order chi connectivity index (χ1) is 15.3. The molecule has 0 aliphatic carbocycles. The Morgan fingerprint density at radius 3 is 2.23 bits per heavy atom. The van der Waals surface area contributed by atoms with E-state index in [9.17, 15) is 0 Å². The van der Waals surface area contributed by atoms with Crippen LogP contribution in [0.4, 0.5) is 17.7 Å². The van der Waals surface area contributed by atoms with Crippen LogP contribution in [-0.4, -0.2) is 46.1 Å². The number of fused-ring (bicyclic) bond motifs is 1. The highest BCUT2D eigenvalue weighted by Crippen LogP contribution is 2.26. The highest BCUT2D eigenvalue weighted by Gasteiger charge is 2.21. The second-order valence-corrected chi connectivity index (χ2v) is 7.76. The molecular formula is C23H22ClN7. The van der Waals surface area contributed by atoms with Gasteiger partial charge in [0.1, 0.15) is 5.82 Å². The van der Waals surface area contributed by atoms with Crippen molar-refractivity contribution in [3.8, 4) is 0 Å². The van der Waals surface area contributed by atoms with Crippen LogP contribution in [0.1, 0.15) is 5.56 Å². The molecule has 0 radical (unpaired) electrons. The van der Waals surface area contributed by atoms with Crippen molar-refractivity contribution in [2.75, 3.05) is 41.3 Å². The predicted octanol–water partition coefficient (Wildman–Crippen LogP) is 4.01. The standard InChI is InChI=1S/C23H22ClN7/c24-19-8-3-1-6-17(19)16-27-21-18-7-2-4-9-20(18)28-23(29-21)31-14-12-30(13-15-31)22-25-10-5-11-26-22/h1-11H,12-16H2,(H,27,28,29). The molecule has 0 amide bonds. The first kappa shape index (κ1) is 19.5. The van der Waals surface area contributed by atoms with Crippen LogP contribution in [0.25, 0.3) is 10.9 Å². The summed E-state index contributed by atoms with van der Waals surface area (Å²) >= 11 is 6.33. The van der Waals surface area contributed by atoms with Gasteiger partial charge >= 0.3 is 0 Å². The van der Waals surface area contributed by atoms with Crippen molar-refractivity contribution in [3.05, 3.63) is 77.6 Å². The number of anilines is 3. The predicted molar refractivity (Wildman–Crippen MR) is 125 cm³/mol. The minimum absolute atomic E-state index is 0.596. The molecule has 0 atom stereocenters. The quantitative estimate of drug-likeness (QED) is 0.511. The van der Waals surface area contributed by atoms with E-state index in [1.807, 2.05) is 54.6 Å². The first-order valence-electron chi connectivity index (χ1n) is 10.3. The number of hydrogen-bond acceptors (Lipinski definition) is 7. The number of benzene rings is 2. The summed E-state index contributed by atoms with van der Waals surface area (Å²) in [5.74, 6) is 2.31. The van der Waals surface area contributed by atoms with E-state index >= 15 is 0 Å². The zero-order valence-corrected chi connectivity index (χ0v) is 17.7. The van der Waals surface area contributed by atoms with E-state index in [1.54, 1.807) is 12.4 Å². The maximum absolute atomic E-state index is 6.33. The Hall–Kier alpha value is -3.45. The van der Waals surface area contributed by atoms with E-state index in [0.29, 0.717) is 6.54 Å². The third-order valence-electron chi connectivity index (χ3n) is 5.39. The minimum Gasteiger partial charge on any atom is -0.365 e. The lowest BCUT2D eigenvalue weighted by Crippen LogP contribution is -2.47. The SMILES string of the molecule is Clc1ccccc1CNc1nc(N2CCN(c3ncccn3)CC2)nc2ccccc12. The Morgan fingerprint density at radius 1 is 0.774 bits per heavy atom. The van der Waals surface area contributed by atoms with Gasteiger partial charge in [0.2, 0.25) is 11.9 Å². The zero-order valence-electron chi connectivity index (χ0n) is 16.9. The Morgan fingerprint density at radius 2 is 1.45 bits per heavy atom. The molecule has 7 nitrogen and oxygen atoms in total. The lowest BCUT2D eigenvalue weighted by atomic mass is 10.2. The monoisotopic (exact) mass is 431 g/mol. The van der Waals surface area contributed by atoms with Gasteiger partial charge in [-0.3, -0.25) is 0 Å². The number of rotatable bonds is 5. The molecule has 0 saturated carbocycles. The summed E-state index contributed by atoms with van der Waals surface area (Å²) in [4.78, 5) is 22.8. The topological polar surface area (TPSA) is 70.1 Å². The summed E-state index contributed by atoms with van der Waals surface area (Å²) in [5, 5.41) is 5.20. The Labute approximate surface area is 185 Å². The Bertz CT molecular complexity index is 1180. The Kier molecular flexibility index (Phi) is 5.50. The van der Waals surface area contributed by atoms with Gasteiger partial charge in [-0.2, -0.15) is 4.98 Å². The number of aromatic nitrogens is 4. The van der Waals surface area contributed by atoms with Crippen molar-refractivity contribution in [2.45, 2.75) is 6.54 Å². The summed E-state index contributed by atoms with van der Waals surface area (Å²) in [6.45, 7) is 3.85. The summed E-state index contributed by atoms with van der Waals surface area (Å²) in [5.41, 5.74) is 1.95. The fourth-order valence-electron chi connectivity index (χ4n) is 3.72. The van der Waals surface area contributed by atoms with Crippen LogP contribution < -0.4 is 15.1 Å². The van der Waals surface area contributed by atoms with Crippen LogP contribution >= 0.6 is 11.6 Å². The molecule has 5 rings (SSSR count). The minimum atomic E-state index is 0.596. The lowest BCUT2D eigenvalue weighted by molar-refractivity contribution is 0.629. The summed E-state index contributed by atoms with van der Waals surface area (Å²) in [7, 11) is 0. The van der Waals surface area contributed by atoms with E-state index in [1.165, 1.54) is 0 Å². The molecule has 0 unspecified atom stereocenters. The molecule has 2 aromatic heterocycles. The van der Waals surface area contributed by atoms with Gasteiger partial charge in [-0.1, -0.05) is 41.9 Å². The van der Waals surface area contributed by atoms with E-state index in [0.717, 1.165) is 65.4 Å². The van der Waals surface area contributed by atoms with Crippen LogP contribution in [0, 0.1) is 0 Å². The molecule has 3 heterocycles. The zero-order chi connectivity index (χ0) is 21.0. The number of piperazine rings is 1. The fraction of sp³-hybridized carbons (Fsp3) is 0.217. The van der Waals surface area contributed by atoms with Gasteiger partial charge in [0, 0.05) is 55.5 Å². The molecule has 0 bridgehead atoms. The molecule has 2 aromatic carbocycles. The second kappa shape index (κ2) is 8.73. The van der Waals surface area contributed by atoms with Gasteiger partial charge in [0.25, 0.3) is 0 Å². The molecule has 4 aromatic rings. The van der Waals surface area contributed by atoms with Crippen LogP contribution in [0.3, 0.4) is 0 Å². The van der Waals surface area contributed by atoms with Gasteiger partial charge in [0.15, 0.2) is 0 Å². The number of hydrogen-bond donors (Lipinski definition) is 1. The van der Waals surface area contributed by atoms with Crippen molar-refractivity contribution < 1.29 is 0 Å². The van der Waals surface area contributed by atoms with E-state index < -0.39 is 0 Å². The third kappa shape index (κ3) is 4.22. The van der Waals surface area contributed by atoms with Gasteiger partial charge in [0.05, 0.1) is 5.52 Å². The maximum atomic E-state index is 6.33. The van der Waals surface area contributed by atoms with Gasteiger partial charge in [-0.05, 0) is 29.8 Å². The molecule has 1 saturated heterocycles.